The van der Waals surface area contributed by atoms with E-state index >= 15 is 0 Å². The summed E-state index contributed by atoms with van der Waals surface area (Å²) in [5, 5.41) is 12.5. The van der Waals surface area contributed by atoms with Crippen molar-refractivity contribution < 1.29 is 4.79 Å². The van der Waals surface area contributed by atoms with Gasteiger partial charge in [-0.2, -0.15) is 5.26 Å². The Morgan fingerprint density at radius 3 is 3.14 bits per heavy atom. The lowest BCUT2D eigenvalue weighted by Gasteiger charge is -2.29. The van der Waals surface area contributed by atoms with E-state index < -0.39 is 0 Å². The van der Waals surface area contributed by atoms with Gasteiger partial charge in [0.25, 0.3) is 0 Å². The number of amides is 1. The molecule has 0 spiro atoms. The summed E-state index contributed by atoms with van der Waals surface area (Å²) in [7, 11) is 0. The molecule has 1 aliphatic rings. The number of nitrogens with zero attached hydrogens (tertiary/aromatic N) is 2. The van der Waals surface area contributed by atoms with Crippen molar-refractivity contribution in [3.8, 4) is 6.07 Å². The molecule has 112 valence electrons. The van der Waals surface area contributed by atoms with Crippen LogP contribution in [0.15, 0.2) is 24.3 Å². The van der Waals surface area contributed by atoms with Crippen molar-refractivity contribution in [2.24, 2.45) is 5.92 Å². The lowest BCUT2D eigenvalue weighted by molar-refractivity contribution is -0.121. The Bertz CT molecular complexity index is 526. The number of piperidine rings is 1. The third kappa shape index (κ3) is 5.37. The van der Waals surface area contributed by atoms with Gasteiger partial charge >= 0.3 is 0 Å². The first-order valence-corrected chi connectivity index (χ1v) is 7.68. The minimum absolute atomic E-state index is 0.0362. The number of likely N-dealkylation sites (tertiary alicyclic amines) is 1. The van der Waals surface area contributed by atoms with Crippen molar-refractivity contribution in [1.82, 2.24) is 10.2 Å². The normalized spacial score (nSPS) is 19.0. The Morgan fingerprint density at radius 1 is 1.52 bits per heavy atom. The van der Waals surface area contributed by atoms with Gasteiger partial charge in [0.05, 0.1) is 12.0 Å². The zero-order valence-electron chi connectivity index (χ0n) is 12.0. The van der Waals surface area contributed by atoms with Crippen molar-refractivity contribution in [1.29, 1.82) is 5.26 Å². The summed E-state index contributed by atoms with van der Waals surface area (Å²) in [5.74, 6) is 0.155. The van der Waals surface area contributed by atoms with E-state index in [0.29, 0.717) is 18.0 Å². The molecule has 21 heavy (non-hydrogen) atoms. The van der Waals surface area contributed by atoms with Crippen LogP contribution < -0.4 is 5.32 Å². The third-order valence-corrected chi connectivity index (χ3v) is 3.96. The molecule has 5 heteroatoms. The Hall–Kier alpha value is -1.57. The highest BCUT2D eigenvalue weighted by molar-refractivity contribution is 6.30. The minimum atomic E-state index is 0.0362. The molecule has 0 saturated carbocycles. The zero-order valence-corrected chi connectivity index (χ0v) is 12.8. The number of hydrogen-bond acceptors (Lipinski definition) is 3. The Labute approximate surface area is 130 Å². The maximum atomic E-state index is 11.9. The molecular weight excluding hydrogens is 286 g/mol. The Morgan fingerprint density at radius 2 is 2.38 bits per heavy atom. The largest absolute Gasteiger partial charge is 0.352 e. The number of carbonyl (C=O) groups is 1. The molecule has 1 amide bonds. The van der Waals surface area contributed by atoms with Gasteiger partial charge in [0.2, 0.25) is 5.91 Å². The number of benzene rings is 1. The van der Waals surface area contributed by atoms with Crippen LogP contribution in [0.4, 0.5) is 0 Å². The highest BCUT2D eigenvalue weighted by Crippen LogP contribution is 2.15. The van der Waals surface area contributed by atoms with Crippen LogP contribution in [0.5, 0.6) is 0 Å². The van der Waals surface area contributed by atoms with Gasteiger partial charge in [0.15, 0.2) is 0 Å². The molecule has 4 nitrogen and oxygen atoms in total. The van der Waals surface area contributed by atoms with Crippen molar-refractivity contribution in [3.05, 3.63) is 34.9 Å². The van der Waals surface area contributed by atoms with Crippen LogP contribution in [0, 0.1) is 17.2 Å². The van der Waals surface area contributed by atoms with Crippen molar-refractivity contribution in [2.45, 2.75) is 25.8 Å². The van der Waals surface area contributed by atoms with E-state index in [1.807, 2.05) is 24.3 Å². The van der Waals surface area contributed by atoms with E-state index in [0.717, 1.165) is 38.0 Å². The molecule has 1 N–H and O–H groups in total. The van der Waals surface area contributed by atoms with Gasteiger partial charge in [-0.25, -0.2) is 0 Å². The lowest BCUT2D eigenvalue weighted by Crippen LogP contribution is -2.37. The average Bonchev–Trinajstić information content (AvgIpc) is 2.51. The second-order valence-corrected chi connectivity index (χ2v) is 5.86. The van der Waals surface area contributed by atoms with E-state index in [2.05, 4.69) is 16.3 Å². The summed E-state index contributed by atoms with van der Waals surface area (Å²) in [6, 6.07) is 9.80. The predicted octanol–water partition coefficient (Wildman–Crippen LogP) is 2.58. The van der Waals surface area contributed by atoms with E-state index in [-0.39, 0.29) is 11.8 Å². The summed E-state index contributed by atoms with van der Waals surface area (Å²) in [5.41, 5.74) is 0.998. The topological polar surface area (TPSA) is 56.1 Å². The quantitative estimate of drug-likeness (QED) is 0.909. The van der Waals surface area contributed by atoms with Crippen LogP contribution in [-0.4, -0.2) is 30.4 Å². The summed E-state index contributed by atoms with van der Waals surface area (Å²) in [4.78, 5) is 14.1. The molecule has 0 aliphatic carbocycles. The van der Waals surface area contributed by atoms with E-state index in [4.69, 9.17) is 16.9 Å². The fraction of sp³-hybridized carbons (Fsp3) is 0.500. The fourth-order valence-corrected chi connectivity index (χ4v) is 2.77. The van der Waals surface area contributed by atoms with Gasteiger partial charge in [-0.3, -0.25) is 4.79 Å². The number of rotatable bonds is 5. The highest BCUT2D eigenvalue weighted by Gasteiger charge is 2.19. The molecule has 1 aromatic rings. The first kappa shape index (κ1) is 15.8. The van der Waals surface area contributed by atoms with Gasteiger partial charge in [0.1, 0.15) is 0 Å². The number of nitrogens with one attached hydrogen (secondary N) is 1. The second kappa shape index (κ2) is 8.02. The maximum Gasteiger partial charge on any atom is 0.221 e. The van der Waals surface area contributed by atoms with Crippen molar-refractivity contribution in [2.75, 3.05) is 19.6 Å². The van der Waals surface area contributed by atoms with Crippen LogP contribution in [0.3, 0.4) is 0 Å². The molecule has 1 saturated heterocycles. The highest BCUT2D eigenvalue weighted by atomic mass is 35.5. The molecule has 1 fully saturated rings. The molecule has 2 rings (SSSR count). The minimum Gasteiger partial charge on any atom is -0.352 e. The maximum absolute atomic E-state index is 11.9. The van der Waals surface area contributed by atoms with Crippen molar-refractivity contribution >= 4 is 17.5 Å². The SMILES string of the molecule is N#CC1CCCN(CCC(=O)NCc2cccc(Cl)c2)C1. The summed E-state index contributed by atoms with van der Waals surface area (Å²) in [6.45, 7) is 3.00. The van der Waals surface area contributed by atoms with Crippen LogP contribution in [0.1, 0.15) is 24.8 Å². The van der Waals surface area contributed by atoms with Gasteiger partial charge < -0.3 is 10.2 Å². The Balaban J connectivity index is 1.69. The monoisotopic (exact) mass is 305 g/mol. The fourth-order valence-electron chi connectivity index (χ4n) is 2.56. The van der Waals surface area contributed by atoms with Crippen LogP contribution in [0.2, 0.25) is 5.02 Å². The molecule has 1 aromatic carbocycles. The van der Waals surface area contributed by atoms with E-state index in [1.165, 1.54) is 0 Å². The lowest BCUT2D eigenvalue weighted by atomic mass is 10.00. The number of nitriles is 1. The number of carbonyl (C=O) groups excluding carboxylic acids is 1. The third-order valence-electron chi connectivity index (χ3n) is 3.72. The molecule has 1 unspecified atom stereocenters. The van der Waals surface area contributed by atoms with Crippen molar-refractivity contribution in [3.63, 3.8) is 0 Å². The molecule has 0 aromatic heterocycles. The summed E-state index contributed by atoms with van der Waals surface area (Å²) >= 11 is 5.90. The van der Waals surface area contributed by atoms with Crippen LogP contribution in [-0.2, 0) is 11.3 Å². The first-order chi connectivity index (χ1) is 10.2. The number of hydrogen-bond donors (Lipinski definition) is 1. The molecule has 1 aliphatic heterocycles. The molecular formula is C16H20ClN3O. The van der Waals surface area contributed by atoms with Gasteiger partial charge in [-0.15, -0.1) is 0 Å². The molecule has 1 heterocycles. The smallest absolute Gasteiger partial charge is 0.221 e. The Kier molecular flexibility index (Phi) is 6.04. The molecule has 0 radical (unpaired) electrons. The van der Waals surface area contributed by atoms with Crippen LogP contribution in [0.25, 0.3) is 0 Å². The predicted molar refractivity (Wildman–Crippen MR) is 82.7 cm³/mol. The standard InChI is InChI=1S/C16H20ClN3O/c17-15-5-1-3-13(9-15)11-19-16(21)6-8-20-7-2-4-14(10-18)12-20/h1,3,5,9,14H,2,4,6-8,11-12H2,(H,19,21). The molecule has 1 atom stereocenters. The van der Waals surface area contributed by atoms with Gasteiger partial charge in [-0.05, 0) is 37.1 Å². The van der Waals surface area contributed by atoms with Gasteiger partial charge in [-0.1, -0.05) is 23.7 Å². The van der Waals surface area contributed by atoms with E-state index in [9.17, 15) is 4.79 Å². The zero-order chi connectivity index (χ0) is 15.1. The van der Waals surface area contributed by atoms with Crippen LogP contribution >= 0.6 is 11.6 Å². The van der Waals surface area contributed by atoms with E-state index in [1.54, 1.807) is 0 Å². The summed E-state index contributed by atoms with van der Waals surface area (Å²) in [6.07, 6.45) is 2.50. The average molecular weight is 306 g/mol. The first-order valence-electron chi connectivity index (χ1n) is 7.30. The van der Waals surface area contributed by atoms with Gasteiger partial charge in [0, 0.05) is 31.1 Å². The molecule has 0 bridgehead atoms. The second-order valence-electron chi connectivity index (χ2n) is 5.43. The number of halogens is 1. The summed E-state index contributed by atoms with van der Waals surface area (Å²) < 4.78 is 0.